The lowest BCUT2D eigenvalue weighted by Gasteiger charge is -2.16. The fourth-order valence-corrected chi connectivity index (χ4v) is 5.94. The van der Waals surface area contributed by atoms with Crippen LogP contribution in [-0.2, 0) is 22.2 Å². The lowest BCUT2D eigenvalue weighted by Crippen LogP contribution is -2.46. The van der Waals surface area contributed by atoms with E-state index in [1.165, 1.54) is 4.31 Å². The van der Waals surface area contributed by atoms with Crippen molar-refractivity contribution in [1.82, 2.24) is 24.1 Å². The molecular weight excluding hydrogens is 554 g/mol. The van der Waals surface area contributed by atoms with Crippen LogP contribution in [0.5, 0.6) is 0 Å². The Balaban J connectivity index is 1.33. The van der Waals surface area contributed by atoms with Crippen molar-refractivity contribution in [3.05, 3.63) is 84.1 Å². The number of aromatic nitrogens is 2. The van der Waals surface area contributed by atoms with Gasteiger partial charge in [-0.25, -0.2) is 19.0 Å². The zero-order valence-electron chi connectivity index (χ0n) is 23.8. The Hall–Kier alpha value is -4.42. The van der Waals surface area contributed by atoms with Gasteiger partial charge in [-0.1, -0.05) is 69.3 Å². The van der Waals surface area contributed by atoms with Gasteiger partial charge in [0.05, 0.1) is 17.1 Å². The number of amides is 4. The van der Waals surface area contributed by atoms with Crippen LogP contribution in [0.15, 0.2) is 72.8 Å². The minimum absolute atomic E-state index is 0.0902. The fraction of sp³-hybridized carbons (Fsp3) is 0.300. The molecule has 0 unspecified atom stereocenters. The Morgan fingerprint density at radius 2 is 1.60 bits per heavy atom. The van der Waals surface area contributed by atoms with Crippen molar-refractivity contribution in [3.63, 3.8) is 0 Å². The van der Waals surface area contributed by atoms with Crippen LogP contribution in [0.4, 0.5) is 21.1 Å². The SMILES string of the molecule is CC(C)(C)c1cc(NC(=O)Nc2cccc3ccccc23)n(-c2cccc(CNC(=O)NS(=O)(=O)N3CCCC3)c2)n1. The summed E-state index contributed by atoms with van der Waals surface area (Å²) in [5.41, 5.74) is 2.56. The van der Waals surface area contributed by atoms with E-state index in [0.29, 0.717) is 30.3 Å². The molecule has 0 radical (unpaired) electrons. The third-order valence-corrected chi connectivity index (χ3v) is 8.48. The van der Waals surface area contributed by atoms with Crippen molar-refractivity contribution in [3.8, 4) is 5.69 Å². The van der Waals surface area contributed by atoms with Crippen LogP contribution in [0.25, 0.3) is 16.5 Å². The van der Waals surface area contributed by atoms with Crippen LogP contribution < -0.4 is 20.7 Å². The van der Waals surface area contributed by atoms with E-state index < -0.39 is 22.3 Å². The molecule has 0 saturated carbocycles. The Bertz CT molecular complexity index is 1720. The molecule has 1 fully saturated rings. The summed E-state index contributed by atoms with van der Waals surface area (Å²) in [5.74, 6) is 0.470. The molecular formula is C30H35N7O4S. The van der Waals surface area contributed by atoms with E-state index in [2.05, 4.69) is 20.7 Å². The molecule has 0 spiro atoms. The summed E-state index contributed by atoms with van der Waals surface area (Å²) in [5, 5.41) is 15.2. The van der Waals surface area contributed by atoms with Crippen molar-refractivity contribution in [1.29, 1.82) is 0 Å². The third kappa shape index (κ3) is 6.72. The quantitative estimate of drug-likeness (QED) is 0.238. The van der Waals surface area contributed by atoms with Crippen LogP contribution in [0.2, 0.25) is 0 Å². The first-order chi connectivity index (χ1) is 20.0. The van der Waals surface area contributed by atoms with Gasteiger partial charge in [-0.2, -0.15) is 17.8 Å². The summed E-state index contributed by atoms with van der Waals surface area (Å²) in [4.78, 5) is 25.5. The molecule has 1 aliphatic heterocycles. The second-order valence-electron chi connectivity index (χ2n) is 11.2. The van der Waals surface area contributed by atoms with E-state index in [1.54, 1.807) is 4.68 Å². The molecule has 220 valence electrons. The molecule has 1 aliphatic rings. The zero-order chi connectivity index (χ0) is 29.9. The second kappa shape index (κ2) is 11.8. The lowest BCUT2D eigenvalue weighted by molar-refractivity contribution is 0.244. The normalized spacial score (nSPS) is 14.1. The van der Waals surface area contributed by atoms with Gasteiger partial charge in [0, 0.05) is 36.5 Å². The van der Waals surface area contributed by atoms with Gasteiger partial charge >= 0.3 is 22.3 Å². The van der Waals surface area contributed by atoms with Crippen LogP contribution >= 0.6 is 0 Å². The van der Waals surface area contributed by atoms with Crippen LogP contribution in [-0.4, -0.2) is 47.7 Å². The topological polar surface area (TPSA) is 137 Å². The van der Waals surface area contributed by atoms with Crippen molar-refractivity contribution in [2.75, 3.05) is 23.7 Å². The fourth-order valence-electron chi connectivity index (χ4n) is 4.76. The molecule has 42 heavy (non-hydrogen) atoms. The molecule has 4 aromatic rings. The minimum atomic E-state index is -3.87. The summed E-state index contributed by atoms with van der Waals surface area (Å²) in [7, 11) is -3.87. The molecule has 3 aromatic carbocycles. The highest BCUT2D eigenvalue weighted by Crippen LogP contribution is 2.28. The van der Waals surface area contributed by atoms with Crippen molar-refractivity contribution in [2.45, 2.75) is 45.6 Å². The molecule has 2 heterocycles. The van der Waals surface area contributed by atoms with E-state index >= 15 is 0 Å². The highest BCUT2D eigenvalue weighted by molar-refractivity contribution is 7.87. The maximum atomic E-state index is 13.2. The summed E-state index contributed by atoms with van der Waals surface area (Å²) in [6, 6.07) is 21.5. The van der Waals surface area contributed by atoms with Gasteiger partial charge in [-0.05, 0) is 42.0 Å². The van der Waals surface area contributed by atoms with Crippen LogP contribution in [0, 0.1) is 0 Å². The number of anilines is 2. The van der Waals surface area contributed by atoms with E-state index in [0.717, 1.165) is 34.9 Å². The number of hydrogen-bond acceptors (Lipinski definition) is 5. The van der Waals surface area contributed by atoms with Gasteiger partial charge in [0.15, 0.2) is 0 Å². The monoisotopic (exact) mass is 589 g/mol. The second-order valence-corrected chi connectivity index (χ2v) is 12.9. The Labute approximate surface area is 245 Å². The highest BCUT2D eigenvalue weighted by atomic mass is 32.2. The van der Waals surface area contributed by atoms with Gasteiger partial charge in [-0.15, -0.1) is 0 Å². The van der Waals surface area contributed by atoms with Crippen molar-refractivity contribution in [2.24, 2.45) is 0 Å². The Morgan fingerprint density at radius 3 is 2.36 bits per heavy atom. The number of rotatable bonds is 7. The average molecular weight is 590 g/mol. The molecule has 1 saturated heterocycles. The van der Waals surface area contributed by atoms with E-state index in [9.17, 15) is 18.0 Å². The largest absolute Gasteiger partial charge is 0.333 e. The maximum Gasteiger partial charge on any atom is 0.329 e. The molecule has 0 bridgehead atoms. The van der Waals surface area contributed by atoms with Crippen LogP contribution in [0.1, 0.15) is 44.9 Å². The van der Waals surface area contributed by atoms with Gasteiger partial charge in [-0.3, -0.25) is 5.32 Å². The third-order valence-electron chi connectivity index (χ3n) is 6.99. The maximum absolute atomic E-state index is 13.2. The van der Waals surface area contributed by atoms with Gasteiger partial charge < -0.3 is 10.6 Å². The van der Waals surface area contributed by atoms with Gasteiger partial charge in [0.25, 0.3) is 0 Å². The highest BCUT2D eigenvalue weighted by Gasteiger charge is 2.27. The van der Waals surface area contributed by atoms with Gasteiger partial charge in [0.2, 0.25) is 0 Å². The summed E-state index contributed by atoms with van der Waals surface area (Å²) in [6.45, 7) is 7.01. The summed E-state index contributed by atoms with van der Waals surface area (Å²) in [6.07, 6.45) is 1.56. The first-order valence-corrected chi connectivity index (χ1v) is 15.2. The first kappa shape index (κ1) is 29.1. The number of hydrogen-bond donors (Lipinski definition) is 4. The number of carbonyl (C=O) groups excluding carboxylic acids is 2. The zero-order valence-corrected chi connectivity index (χ0v) is 24.7. The summed E-state index contributed by atoms with van der Waals surface area (Å²) < 4.78 is 29.8. The van der Waals surface area contributed by atoms with Crippen LogP contribution in [0.3, 0.4) is 0 Å². The lowest BCUT2D eigenvalue weighted by atomic mass is 9.92. The van der Waals surface area contributed by atoms with E-state index in [4.69, 9.17) is 5.10 Å². The number of nitrogens with zero attached hydrogens (tertiary/aromatic N) is 3. The Morgan fingerprint density at radius 1 is 0.881 bits per heavy atom. The number of benzene rings is 3. The number of urea groups is 2. The smallest absolute Gasteiger partial charge is 0.329 e. The molecule has 11 nitrogen and oxygen atoms in total. The predicted molar refractivity (Wildman–Crippen MR) is 164 cm³/mol. The molecule has 1 aromatic heterocycles. The number of nitrogens with one attached hydrogen (secondary N) is 4. The molecule has 4 N–H and O–H groups in total. The minimum Gasteiger partial charge on any atom is -0.333 e. The average Bonchev–Trinajstić information content (AvgIpc) is 3.64. The standard InChI is InChI=1S/C30H35N7O4S/c1-30(2,3)26-19-27(33-29(39)32-25-15-9-12-22-11-4-5-14-24(22)25)37(34-26)23-13-8-10-21(18-23)20-31-28(38)35-42(40,41)36-16-6-7-17-36/h4-5,8-15,18-19H,6-7,16-17,20H2,1-3H3,(H2,31,35,38)(H2,32,33,39). The van der Waals surface area contributed by atoms with E-state index in [1.807, 2.05) is 93.6 Å². The van der Waals surface area contributed by atoms with Crippen molar-refractivity contribution >= 4 is 44.5 Å². The summed E-state index contributed by atoms with van der Waals surface area (Å²) >= 11 is 0. The number of carbonyl (C=O) groups is 2. The Kier molecular flexibility index (Phi) is 8.19. The van der Waals surface area contributed by atoms with E-state index in [-0.39, 0.29) is 12.0 Å². The predicted octanol–water partition coefficient (Wildman–Crippen LogP) is 5.11. The number of fused-ring (bicyclic) bond motifs is 1. The molecule has 4 amide bonds. The van der Waals surface area contributed by atoms with Crippen molar-refractivity contribution < 1.29 is 18.0 Å². The molecule has 0 atom stereocenters. The molecule has 0 aliphatic carbocycles. The molecule has 5 rings (SSSR count). The molecule has 12 heteroatoms. The van der Waals surface area contributed by atoms with Gasteiger partial charge in [0.1, 0.15) is 5.82 Å². The first-order valence-electron chi connectivity index (χ1n) is 13.8.